The van der Waals surface area contributed by atoms with Gasteiger partial charge in [0.05, 0.1) is 23.6 Å². The summed E-state index contributed by atoms with van der Waals surface area (Å²) in [7, 11) is 1.62. The van der Waals surface area contributed by atoms with E-state index in [1.165, 1.54) is 4.57 Å². The van der Waals surface area contributed by atoms with E-state index in [0.29, 0.717) is 40.9 Å². The summed E-state index contributed by atoms with van der Waals surface area (Å²) >= 11 is 5.35. The number of carbonyl (C=O) groups excluding carboxylic acids is 1. The topological polar surface area (TPSA) is 85.3 Å². The quantitative estimate of drug-likeness (QED) is 0.569. The lowest BCUT2D eigenvalue weighted by molar-refractivity contribution is 0.0948. The fourth-order valence-electron chi connectivity index (χ4n) is 3.07. The number of benzene rings is 1. The minimum absolute atomic E-state index is 0.0254. The normalized spacial score (nSPS) is 16.9. The highest BCUT2D eigenvalue weighted by Gasteiger charge is 2.18. The average molecular weight is 377 g/mol. The molecule has 1 atom stereocenters. The van der Waals surface area contributed by atoms with Gasteiger partial charge in [-0.2, -0.15) is 0 Å². The summed E-state index contributed by atoms with van der Waals surface area (Å²) in [4.78, 5) is 28.1. The lowest BCUT2D eigenvalue weighted by Crippen LogP contribution is -2.28. The van der Waals surface area contributed by atoms with E-state index in [0.717, 1.165) is 25.9 Å². The second-order valence-corrected chi connectivity index (χ2v) is 6.73. The van der Waals surface area contributed by atoms with Crippen molar-refractivity contribution in [3.63, 3.8) is 0 Å². The van der Waals surface area contributed by atoms with Crippen LogP contribution in [0.4, 0.5) is 0 Å². The first-order valence-corrected chi connectivity index (χ1v) is 9.16. The zero-order chi connectivity index (χ0) is 18.5. The smallest absolute Gasteiger partial charge is 0.262 e. The zero-order valence-corrected chi connectivity index (χ0v) is 15.6. The van der Waals surface area contributed by atoms with Gasteiger partial charge in [-0.25, -0.2) is 0 Å². The number of amides is 1. The molecule has 0 bridgehead atoms. The predicted molar refractivity (Wildman–Crippen MR) is 101 cm³/mol. The number of aromatic nitrogens is 2. The Kier molecular flexibility index (Phi) is 6.18. The van der Waals surface area contributed by atoms with Gasteiger partial charge in [0, 0.05) is 32.4 Å². The van der Waals surface area contributed by atoms with Gasteiger partial charge in [0.15, 0.2) is 4.77 Å². The SMILES string of the molecule is COCCCNC(=O)c1ccc2c(=O)n(C[C@H]3CCCO3)c(=S)[nH]c2c1. The van der Waals surface area contributed by atoms with Gasteiger partial charge in [-0.1, -0.05) is 0 Å². The van der Waals surface area contributed by atoms with E-state index < -0.39 is 0 Å². The van der Waals surface area contributed by atoms with Crippen LogP contribution in [0, 0.1) is 4.77 Å². The third kappa shape index (κ3) is 4.20. The summed E-state index contributed by atoms with van der Waals surface area (Å²) in [6.45, 7) is 2.30. The van der Waals surface area contributed by atoms with E-state index in [4.69, 9.17) is 21.7 Å². The molecule has 0 unspecified atom stereocenters. The number of fused-ring (bicyclic) bond motifs is 1. The van der Waals surface area contributed by atoms with E-state index in [2.05, 4.69) is 10.3 Å². The number of ether oxygens (including phenoxy) is 2. The highest BCUT2D eigenvalue weighted by Crippen LogP contribution is 2.15. The summed E-state index contributed by atoms with van der Waals surface area (Å²) in [5.74, 6) is -0.189. The van der Waals surface area contributed by atoms with Crippen LogP contribution in [0.15, 0.2) is 23.0 Å². The van der Waals surface area contributed by atoms with Crippen LogP contribution in [-0.2, 0) is 16.0 Å². The third-order valence-corrected chi connectivity index (χ3v) is 4.79. The molecule has 2 N–H and O–H groups in total. The summed E-state index contributed by atoms with van der Waals surface area (Å²) in [5, 5.41) is 3.34. The molecular weight excluding hydrogens is 354 g/mol. The molecule has 1 aromatic carbocycles. The molecule has 0 saturated carbocycles. The van der Waals surface area contributed by atoms with Crippen LogP contribution in [-0.4, -0.2) is 48.4 Å². The van der Waals surface area contributed by atoms with Crippen LogP contribution in [0.1, 0.15) is 29.6 Å². The van der Waals surface area contributed by atoms with Crippen molar-refractivity contribution in [3.05, 3.63) is 38.9 Å². The maximum absolute atomic E-state index is 12.8. The number of nitrogens with zero attached hydrogens (tertiary/aromatic N) is 1. The summed E-state index contributed by atoms with van der Waals surface area (Å²) < 4.78 is 12.4. The van der Waals surface area contributed by atoms with Gasteiger partial charge in [0.1, 0.15) is 0 Å². The number of hydrogen-bond acceptors (Lipinski definition) is 5. The van der Waals surface area contributed by atoms with Gasteiger partial charge < -0.3 is 19.8 Å². The van der Waals surface area contributed by atoms with Gasteiger partial charge in [-0.15, -0.1) is 0 Å². The molecule has 0 aliphatic carbocycles. The Bertz CT molecular complexity index is 899. The average Bonchev–Trinajstić information content (AvgIpc) is 3.15. The van der Waals surface area contributed by atoms with E-state index in [9.17, 15) is 9.59 Å². The second-order valence-electron chi connectivity index (χ2n) is 6.34. The predicted octanol–water partition coefficient (Wildman–Crippen LogP) is 2.00. The highest BCUT2D eigenvalue weighted by atomic mass is 32.1. The number of nitrogens with one attached hydrogen (secondary N) is 2. The van der Waals surface area contributed by atoms with Crippen LogP contribution >= 0.6 is 12.2 Å². The molecule has 8 heteroatoms. The van der Waals surface area contributed by atoms with Crippen molar-refractivity contribution in [2.75, 3.05) is 26.9 Å². The third-order valence-electron chi connectivity index (χ3n) is 4.47. The maximum Gasteiger partial charge on any atom is 0.262 e. The molecule has 140 valence electrons. The molecule has 1 amide bonds. The van der Waals surface area contributed by atoms with Crippen LogP contribution in [0.2, 0.25) is 0 Å². The van der Waals surface area contributed by atoms with Crippen molar-refractivity contribution >= 4 is 29.0 Å². The number of H-pyrrole nitrogens is 1. The van der Waals surface area contributed by atoms with Crippen molar-refractivity contribution in [1.29, 1.82) is 0 Å². The number of hydrogen-bond donors (Lipinski definition) is 2. The Balaban J connectivity index is 1.83. The molecule has 1 aliphatic heterocycles. The lowest BCUT2D eigenvalue weighted by Gasteiger charge is -2.13. The zero-order valence-electron chi connectivity index (χ0n) is 14.7. The van der Waals surface area contributed by atoms with Gasteiger partial charge in [-0.3, -0.25) is 14.2 Å². The highest BCUT2D eigenvalue weighted by molar-refractivity contribution is 7.71. The minimum atomic E-state index is -0.189. The number of methoxy groups -OCH3 is 1. The van der Waals surface area contributed by atoms with Crippen molar-refractivity contribution in [2.45, 2.75) is 31.9 Å². The molecule has 2 heterocycles. The Morgan fingerprint density at radius 1 is 1.50 bits per heavy atom. The number of rotatable bonds is 7. The van der Waals surface area contributed by atoms with E-state index in [1.807, 2.05) is 0 Å². The van der Waals surface area contributed by atoms with Gasteiger partial charge >= 0.3 is 0 Å². The molecule has 1 saturated heterocycles. The molecule has 1 aliphatic rings. The van der Waals surface area contributed by atoms with Crippen molar-refractivity contribution in [2.24, 2.45) is 0 Å². The Labute approximate surface area is 156 Å². The molecule has 1 fully saturated rings. The second kappa shape index (κ2) is 8.57. The first-order chi connectivity index (χ1) is 12.6. The van der Waals surface area contributed by atoms with E-state index in [1.54, 1.807) is 25.3 Å². The first-order valence-electron chi connectivity index (χ1n) is 8.76. The standard InChI is InChI=1S/C18H23N3O4S/c1-24-8-3-7-19-16(22)12-5-6-14-15(10-12)20-18(26)21(17(14)23)11-13-4-2-9-25-13/h5-6,10,13H,2-4,7-9,11H2,1H3,(H,19,22)(H,20,26)/t13-/m1/s1. The van der Waals surface area contributed by atoms with Crippen LogP contribution in [0.25, 0.3) is 10.9 Å². The first kappa shape index (κ1) is 18.8. The Morgan fingerprint density at radius 3 is 3.08 bits per heavy atom. The molecular formula is C18H23N3O4S. The molecule has 3 rings (SSSR count). The summed E-state index contributed by atoms with van der Waals surface area (Å²) in [5.41, 5.74) is 0.885. The molecule has 0 spiro atoms. The molecule has 1 aromatic heterocycles. The van der Waals surface area contributed by atoms with Gasteiger partial charge in [0.2, 0.25) is 0 Å². The monoisotopic (exact) mass is 377 g/mol. The Morgan fingerprint density at radius 2 is 2.35 bits per heavy atom. The van der Waals surface area contributed by atoms with Crippen molar-refractivity contribution in [1.82, 2.24) is 14.9 Å². The lowest BCUT2D eigenvalue weighted by atomic mass is 10.1. The molecule has 0 radical (unpaired) electrons. The Hall–Kier alpha value is -2.03. The minimum Gasteiger partial charge on any atom is -0.385 e. The molecule has 26 heavy (non-hydrogen) atoms. The maximum atomic E-state index is 12.8. The van der Waals surface area contributed by atoms with Crippen LogP contribution in [0.3, 0.4) is 0 Å². The van der Waals surface area contributed by atoms with Crippen molar-refractivity contribution in [3.8, 4) is 0 Å². The largest absolute Gasteiger partial charge is 0.385 e. The fourth-order valence-corrected chi connectivity index (χ4v) is 3.34. The van der Waals surface area contributed by atoms with Gasteiger partial charge in [-0.05, 0) is 49.7 Å². The van der Waals surface area contributed by atoms with Gasteiger partial charge in [0.25, 0.3) is 11.5 Å². The summed E-state index contributed by atoms with van der Waals surface area (Å²) in [6, 6.07) is 4.98. The number of aromatic amines is 1. The van der Waals surface area contributed by atoms with Crippen LogP contribution < -0.4 is 10.9 Å². The van der Waals surface area contributed by atoms with E-state index >= 15 is 0 Å². The van der Waals surface area contributed by atoms with Crippen molar-refractivity contribution < 1.29 is 14.3 Å². The fraction of sp³-hybridized carbons (Fsp3) is 0.500. The number of carbonyl (C=O) groups is 1. The van der Waals surface area contributed by atoms with E-state index in [-0.39, 0.29) is 17.6 Å². The summed E-state index contributed by atoms with van der Waals surface area (Å²) in [6.07, 6.45) is 2.71. The molecule has 2 aromatic rings. The molecule has 7 nitrogen and oxygen atoms in total. The van der Waals surface area contributed by atoms with Crippen LogP contribution in [0.5, 0.6) is 0 Å².